The predicted octanol–water partition coefficient (Wildman–Crippen LogP) is 3.41. The minimum Gasteiger partial charge on any atom is -0.375 e. The molecule has 1 atom stereocenters. The van der Waals surface area contributed by atoms with Gasteiger partial charge in [0, 0.05) is 18.2 Å². The Balaban J connectivity index is 1.67. The number of nitrogens with zero attached hydrogens (tertiary/aromatic N) is 3. The summed E-state index contributed by atoms with van der Waals surface area (Å²) in [5, 5.41) is 12.4. The lowest BCUT2D eigenvalue weighted by molar-refractivity contribution is 0.475. The minimum atomic E-state index is 0.272. The first kappa shape index (κ1) is 11.9. The predicted molar refractivity (Wildman–Crippen MR) is 78.8 cm³/mol. The minimum absolute atomic E-state index is 0.272. The monoisotopic (exact) mass is 268 g/mol. The molecule has 0 spiro atoms. The summed E-state index contributed by atoms with van der Waals surface area (Å²) in [4.78, 5) is 0. The van der Waals surface area contributed by atoms with Crippen molar-refractivity contribution < 1.29 is 0 Å². The van der Waals surface area contributed by atoms with Crippen LogP contribution in [0.15, 0.2) is 24.3 Å². The van der Waals surface area contributed by atoms with E-state index in [2.05, 4.69) is 51.3 Å². The summed E-state index contributed by atoms with van der Waals surface area (Å²) < 4.78 is 2.39. The summed E-state index contributed by atoms with van der Waals surface area (Å²) >= 11 is 0. The van der Waals surface area contributed by atoms with Crippen LogP contribution < -0.4 is 5.32 Å². The maximum absolute atomic E-state index is 4.48. The van der Waals surface area contributed by atoms with E-state index in [0.717, 1.165) is 18.1 Å². The third kappa shape index (κ3) is 1.82. The summed E-state index contributed by atoms with van der Waals surface area (Å²) in [5.41, 5.74) is 2.63. The first-order valence-corrected chi connectivity index (χ1v) is 7.59. The molecule has 1 N–H and O–H groups in total. The van der Waals surface area contributed by atoms with Crippen LogP contribution in [0.4, 0.5) is 5.69 Å². The van der Waals surface area contributed by atoms with Crippen LogP contribution in [0.1, 0.15) is 55.0 Å². The van der Waals surface area contributed by atoms with E-state index in [1.165, 1.54) is 36.9 Å². The van der Waals surface area contributed by atoms with Crippen LogP contribution in [0.2, 0.25) is 0 Å². The normalized spacial score (nSPS) is 21.9. The molecule has 2 aliphatic rings. The molecule has 1 aromatic heterocycles. The van der Waals surface area contributed by atoms with Crippen LogP contribution in [0.3, 0.4) is 0 Å². The number of fused-ring (bicyclic) bond motifs is 1. The Bertz CT molecular complexity index is 600. The Kier molecular flexibility index (Phi) is 2.76. The van der Waals surface area contributed by atoms with E-state index in [9.17, 15) is 0 Å². The summed E-state index contributed by atoms with van der Waals surface area (Å²) in [6.45, 7) is 2.08. The van der Waals surface area contributed by atoms with Crippen LogP contribution in [-0.4, -0.2) is 14.8 Å². The molecule has 0 saturated heterocycles. The van der Waals surface area contributed by atoms with E-state index >= 15 is 0 Å². The third-order valence-corrected chi connectivity index (χ3v) is 4.67. The molecule has 2 aromatic rings. The molecule has 1 aliphatic heterocycles. The Morgan fingerprint density at radius 3 is 2.75 bits per heavy atom. The van der Waals surface area contributed by atoms with Crippen LogP contribution in [0.25, 0.3) is 0 Å². The third-order valence-electron chi connectivity index (χ3n) is 4.67. The fourth-order valence-electron chi connectivity index (χ4n) is 3.69. The molecule has 0 bridgehead atoms. The number of hydrogen-bond acceptors (Lipinski definition) is 3. The molecular formula is C16H20N4. The van der Waals surface area contributed by atoms with Crippen molar-refractivity contribution in [1.29, 1.82) is 0 Å². The van der Waals surface area contributed by atoms with Crippen molar-refractivity contribution in [2.24, 2.45) is 0 Å². The molecule has 2 heterocycles. The number of aryl methyl sites for hydroxylation is 1. The molecule has 104 valence electrons. The van der Waals surface area contributed by atoms with Gasteiger partial charge >= 0.3 is 0 Å². The second kappa shape index (κ2) is 4.62. The van der Waals surface area contributed by atoms with E-state index in [1.54, 1.807) is 0 Å². The highest BCUT2D eigenvalue weighted by Crippen LogP contribution is 2.37. The van der Waals surface area contributed by atoms with Crippen LogP contribution in [0, 0.1) is 6.92 Å². The van der Waals surface area contributed by atoms with Crippen LogP contribution >= 0.6 is 0 Å². The molecule has 1 saturated carbocycles. The number of aromatic nitrogens is 3. The number of benzene rings is 1. The average molecular weight is 268 g/mol. The summed E-state index contributed by atoms with van der Waals surface area (Å²) in [6.07, 6.45) is 6.22. The van der Waals surface area contributed by atoms with Crippen LogP contribution in [0.5, 0.6) is 0 Å². The summed E-state index contributed by atoms with van der Waals surface area (Å²) in [5.74, 6) is 2.18. The van der Waals surface area contributed by atoms with Gasteiger partial charge in [0.05, 0.1) is 6.04 Å². The van der Waals surface area contributed by atoms with Crippen molar-refractivity contribution in [1.82, 2.24) is 14.8 Å². The number of anilines is 1. The number of para-hydroxylation sites is 1. The fraction of sp³-hybridized carbons (Fsp3) is 0.500. The highest BCUT2D eigenvalue weighted by atomic mass is 15.3. The average Bonchev–Trinajstić information content (AvgIpc) is 3.16. The smallest absolute Gasteiger partial charge is 0.156 e. The molecule has 0 radical (unpaired) electrons. The summed E-state index contributed by atoms with van der Waals surface area (Å²) in [7, 11) is 0. The quantitative estimate of drug-likeness (QED) is 0.907. The second-order valence-corrected chi connectivity index (χ2v) is 5.97. The van der Waals surface area contributed by atoms with Gasteiger partial charge < -0.3 is 9.88 Å². The molecule has 4 rings (SSSR count). The molecule has 0 amide bonds. The van der Waals surface area contributed by atoms with E-state index in [4.69, 9.17) is 0 Å². The number of hydrogen-bond donors (Lipinski definition) is 1. The van der Waals surface area contributed by atoms with Gasteiger partial charge in [0.2, 0.25) is 0 Å². The lowest BCUT2D eigenvalue weighted by atomic mass is 10.1. The molecular weight excluding hydrogens is 248 g/mol. The second-order valence-electron chi connectivity index (χ2n) is 5.97. The molecule has 20 heavy (non-hydrogen) atoms. The van der Waals surface area contributed by atoms with E-state index in [1.807, 2.05) is 0 Å². The van der Waals surface area contributed by atoms with Gasteiger partial charge in [-0.2, -0.15) is 0 Å². The van der Waals surface area contributed by atoms with Gasteiger partial charge in [-0.1, -0.05) is 31.0 Å². The topological polar surface area (TPSA) is 42.7 Å². The maximum Gasteiger partial charge on any atom is 0.156 e. The van der Waals surface area contributed by atoms with Crippen molar-refractivity contribution in [3.63, 3.8) is 0 Å². The highest BCUT2D eigenvalue weighted by molar-refractivity contribution is 5.57. The molecule has 4 heteroatoms. The molecule has 1 aromatic carbocycles. The SMILES string of the molecule is Cc1nnc([C@@H]2Cc3ccccc3N2)n1C1CCCC1. The standard InChI is InChI=1S/C16H20N4/c1-11-18-19-16(20(11)13-7-3-4-8-13)15-10-12-6-2-5-9-14(12)17-15/h2,5-6,9,13,15,17H,3-4,7-8,10H2,1H3/t15-/m0/s1. The zero-order chi connectivity index (χ0) is 13.5. The van der Waals surface area contributed by atoms with Crippen molar-refractivity contribution in [2.45, 2.75) is 51.1 Å². The lowest BCUT2D eigenvalue weighted by Crippen LogP contribution is -2.17. The highest BCUT2D eigenvalue weighted by Gasteiger charge is 2.30. The Hall–Kier alpha value is -1.84. The molecule has 1 aliphatic carbocycles. The first-order valence-electron chi connectivity index (χ1n) is 7.59. The number of nitrogens with one attached hydrogen (secondary N) is 1. The van der Waals surface area contributed by atoms with E-state index in [0.29, 0.717) is 6.04 Å². The van der Waals surface area contributed by atoms with Crippen molar-refractivity contribution in [2.75, 3.05) is 5.32 Å². The Morgan fingerprint density at radius 2 is 1.95 bits per heavy atom. The van der Waals surface area contributed by atoms with Gasteiger partial charge in [-0.05, 0) is 31.4 Å². The van der Waals surface area contributed by atoms with Gasteiger partial charge in [-0.15, -0.1) is 10.2 Å². The maximum atomic E-state index is 4.48. The van der Waals surface area contributed by atoms with Gasteiger partial charge in [0.25, 0.3) is 0 Å². The lowest BCUT2D eigenvalue weighted by Gasteiger charge is -2.19. The molecule has 4 nitrogen and oxygen atoms in total. The van der Waals surface area contributed by atoms with Gasteiger partial charge in [0.15, 0.2) is 5.82 Å². The zero-order valence-corrected chi connectivity index (χ0v) is 11.8. The van der Waals surface area contributed by atoms with Crippen molar-refractivity contribution in [3.8, 4) is 0 Å². The van der Waals surface area contributed by atoms with Gasteiger partial charge in [-0.3, -0.25) is 0 Å². The van der Waals surface area contributed by atoms with Crippen molar-refractivity contribution in [3.05, 3.63) is 41.5 Å². The first-order chi connectivity index (χ1) is 9.83. The van der Waals surface area contributed by atoms with E-state index < -0.39 is 0 Å². The molecule has 0 unspecified atom stereocenters. The Labute approximate surface area is 119 Å². The van der Waals surface area contributed by atoms with Crippen LogP contribution in [-0.2, 0) is 6.42 Å². The molecule has 1 fully saturated rings. The van der Waals surface area contributed by atoms with Gasteiger partial charge in [0.1, 0.15) is 5.82 Å². The van der Waals surface area contributed by atoms with Gasteiger partial charge in [-0.25, -0.2) is 0 Å². The fourth-order valence-corrected chi connectivity index (χ4v) is 3.69. The van der Waals surface area contributed by atoms with E-state index in [-0.39, 0.29) is 6.04 Å². The Morgan fingerprint density at radius 1 is 1.15 bits per heavy atom. The largest absolute Gasteiger partial charge is 0.375 e. The zero-order valence-electron chi connectivity index (χ0n) is 11.8. The number of rotatable bonds is 2. The van der Waals surface area contributed by atoms with Crippen molar-refractivity contribution >= 4 is 5.69 Å². The summed E-state index contributed by atoms with van der Waals surface area (Å²) in [6, 6.07) is 9.42.